The molecule has 1 aliphatic carbocycles. The summed E-state index contributed by atoms with van der Waals surface area (Å²) in [6.45, 7) is 18.9. The Bertz CT molecular complexity index is 1820. The molecule has 1 aromatic carbocycles. The fraction of sp³-hybridized carbons (Fsp3) is 0.500. The normalized spacial score (nSPS) is 27.7. The highest BCUT2D eigenvalue weighted by molar-refractivity contribution is 7.99. The van der Waals surface area contributed by atoms with Crippen LogP contribution < -0.4 is 0 Å². The molecule has 12 heteroatoms. The molecule has 0 N–H and O–H groups in total. The fourth-order valence-corrected chi connectivity index (χ4v) is 9.14. The molecule has 302 valence electrons. The zero-order valence-corrected chi connectivity index (χ0v) is 33.2. The summed E-state index contributed by atoms with van der Waals surface area (Å²) in [6.07, 6.45) is 24.8. The Morgan fingerprint density at radius 2 is 1.98 bits per heavy atom. The van der Waals surface area contributed by atoms with Crippen LogP contribution >= 0.6 is 11.8 Å². The number of halogens is 2. The maximum atomic E-state index is 15.1. The van der Waals surface area contributed by atoms with Crippen molar-refractivity contribution >= 4 is 23.9 Å². The quantitative estimate of drug-likeness (QED) is 0.126. The molecular formula is C44H59F2N7O2S. The minimum Gasteiger partial charge on any atom is -0.369 e. The van der Waals surface area contributed by atoms with Crippen molar-refractivity contribution in [1.82, 2.24) is 29.6 Å². The predicted molar refractivity (Wildman–Crippen MR) is 224 cm³/mol. The lowest BCUT2D eigenvalue weighted by molar-refractivity contribution is -0.139. The molecule has 3 aliphatic heterocycles. The van der Waals surface area contributed by atoms with Gasteiger partial charge in [-0.15, -0.1) is 6.58 Å². The van der Waals surface area contributed by atoms with E-state index >= 15 is 4.39 Å². The fourth-order valence-electron chi connectivity index (χ4n) is 7.97. The molecule has 0 saturated carbocycles. The Balaban J connectivity index is 0.00000600. The number of amides is 1. The summed E-state index contributed by atoms with van der Waals surface area (Å²) in [6, 6.07) is 3.64. The second kappa shape index (κ2) is 19.3. The first-order chi connectivity index (χ1) is 26.5. The number of piperazine rings is 1. The molecule has 6 atom stereocenters. The number of hydrogen-bond donors (Lipinski definition) is 0. The Kier molecular flexibility index (Phi) is 14.9. The zero-order chi connectivity index (χ0) is 39.0. The number of thioether (sulfide) groups is 1. The zero-order valence-electron chi connectivity index (χ0n) is 32.4. The summed E-state index contributed by atoms with van der Waals surface area (Å²) in [4.78, 5) is 22.2. The molecule has 56 heavy (non-hydrogen) atoms. The summed E-state index contributed by atoms with van der Waals surface area (Å²) in [5.74, 6) is 0.794. The second-order valence-corrected chi connectivity index (χ2v) is 16.4. The Labute approximate surface area is 336 Å². The summed E-state index contributed by atoms with van der Waals surface area (Å²) in [5, 5.41) is 10.3. The van der Waals surface area contributed by atoms with Gasteiger partial charge in [-0.05, 0) is 56.7 Å². The number of carbonyl (C=O) groups excluding carboxylic acids is 1. The van der Waals surface area contributed by atoms with Crippen LogP contribution in [0.15, 0.2) is 109 Å². The molecule has 6 unspecified atom stereocenters. The van der Waals surface area contributed by atoms with Gasteiger partial charge in [-0.1, -0.05) is 69.5 Å². The number of carbonyl (C=O) groups is 1. The first kappa shape index (κ1) is 43.0. The van der Waals surface area contributed by atoms with Gasteiger partial charge < -0.3 is 9.64 Å². The molecule has 4 heterocycles. The van der Waals surface area contributed by atoms with Crippen LogP contribution in [0.4, 0.5) is 8.78 Å². The standard InChI is InChI=1S/C43H55F2N7O2S.CH4/c1-6-10-35(42(5)29-47-52(32(3)7-2)41(53)33(42)4)12-9-19-49-21-23-50(24-22-49)37-13-8-11-34(25-37)27-55-28-38-16-17-43(54-38,18-20-51-31-46-30-48-51)39-15-14-36(44)26-40(39)45;/h6-10,12-15,25-26,29-34,38H,1-2,11,16-24,27-28H2,3-5H3;1H4/b12-9-,35-10+;. The van der Waals surface area contributed by atoms with Crippen LogP contribution in [0.5, 0.6) is 0 Å². The number of aryl methyl sites for hydroxylation is 1. The molecular weight excluding hydrogens is 729 g/mol. The average Bonchev–Trinajstić information content (AvgIpc) is 3.87. The Hall–Kier alpha value is -4.13. The number of aromatic nitrogens is 3. The number of hydrogen-bond acceptors (Lipinski definition) is 8. The van der Waals surface area contributed by atoms with Gasteiger partial charge in [0.1, 0.15) is 24.3 Å². The Morgan fingerprint density at radius 1 is 1.18 bits per heavy atom. The van der Waals surface area contributed by atoms with Crippen molar-refractivity contribution in [2.24, 2.45) is 22.4 Å². The topological polar surface area (TPSA) is 79.1 Å². The minimum absolute atomic E-state index is 0. The van der Waals surface area contributed by atoms with Gasteiger partial charge in [0.15, 0.2) is 0 Å². The molecule has 4 aliphatic rings. The van der Waals surface area contributed by atoms with Gasteiger partial charge in [0.05, 0.1) is 23.7 Å². The largest absolute Gasteiger partial charge is 0.369 e. The van der Waals surface area contributed by atoms with E-state index in [-0.39, 0.29) is 31.4 Å². The molecule has 6 rings (SSSR count). The van der Waals surface area contributed by atoms with Crippen LogP contribution in [0, 0.1) is 28.9 Å². The smallest absolute Gasteiger partial charge is 0.247 e. The predicted octanol–water partition coefficient (Wildman–Crippen LogP) is 8.18. The van der Waals surface area contributed by atoms with E-state index < -0.39 is 22.7 Å². The van der Waals surface area contributed by atoms with Crippen LogP contribution in [0.1, 0.15) is 59.4 Å². The van der Waals surface area contributed by atoms with Gasteiger partial charge >= 0.3 is 0 Å². The third-order valence-corrected chi connectivity index (χ3v) is 12.9. The summed E-state index contributed by atoms with van der Waals surface area (Å²) in [7, 11) is 0. The van der Waals surface area contributed by atoms with Gasteiger partial charge in [-0.25, -0.2) is 18.8 Å². The molecule has 1 amide bonds. The first-order valence-corrected chi connectivity index (χ1v) is 20.6. The number of nitrogens with zero attached hydrogens (tertiary/aromatic N) is 7. The lowest BCUT2D eigenvalue weighted by Crippen LogP contribution is -2.48. The molecule has 2 aromatic rings. The molecule has 9 nitrogen and oxygen atoms in total. The maximum Gasteiger partial charge on any atom is 0.247 e. The van der Waals surface area contributed by atoms with Crippen LogP contribution in [-0.2, 0) is 21.7 Å². The SMILES string of the molecule is C.C=C/C=C(\C=C/CN1CCN(C2=CC(CSCC3CCC(CCn4cncn4)(c4ccc(F)cc4F)O3)CC=C2)CC1)C1(C)C=NN(C(C)C=C)C(=O)C1C. The van der Waals surface area contributed by atoms with E-state index in [0.29, 0.717) is 30.9 Å². The number of allylic oxidation sites excluding steroid dienone is 7. The van der Waals surface area contributed by atoms with Gasteiger partial charge in [-0.2, -0.15) is 22.0 Å². The van der Waals surface area contributed by atoms with E-state index in [1.54, 1.807) is 23.2 Å². The molecule has 2 fully saturated rings. The number of hydrazone groups is 1. The van der Waals surface area contributed by atoms with Crippen molar-refractivity contribution < 1.29 is 18.3 Å². The van der Waals surface area contributed by atoms with Gasteiger partial charge in [-0.3, -0.25) is 14.4 Å². The maximum absolute atomic E-state index is 15.1. The highest BCUT2D eigenvalue weighted by atomic mass is 32.2. The van der Waals surface area contributed by atoms with Crippen molar-refractivity contribution in [1.29, 1.82) is 0 Å². The number of ether oxygens (including phenoxy) is 1. The third-order valence-electron chi connectivity index (χ3n) is 11.7. The van der Waals surface area contributed by atoms with E-state index in [9.17, 15) is 9.18 Å². The van der Waals surface area contributed by atoms with Crippen LogP contribution in [0.3, 0.4) is 0 Å². The molecule has 0 bridgehead atoms. The van der Waals surface area contributed by atoms with Crippen molar-refractivity contribution in [3.63, 3.8) is 0 Å². The summed E-state index contributed by atoms with van der Waals surface area (Å²) < 4.78 is 37.3. The lowest BCUT2D eigenvalue weighted by atomic mass is 9.71. The Morgan fingerprint density at radius 3 is 2.70 bits per heavy atom. The van der Waals surface area contributed by atoms with E-state index in [4.69, 9.17) is 4.74 Å². The average molecular weight is 788 g/mol. The second-order valence-electron chi connectivity index (χ2n) is 15.3. The number of rotatable bonds is 16. The van der Waals surface area contributed by atoms with Crippen LogP contribution in [0.25, 0.3) is 0 Å². The summed E-state index contributed by atoms with van der Waals surface area (Å²) in [5.41, 5.74) is 1.36. The van der Waals surface area contributed by atoms with E-state index in [2.05, 4.69) is 75.4 Å². The molecule has 0 radical (unpaired) electrons. The monoisotopic (exact) mass is 787 g/mol. The van der Waals surface area contributed by atoms with Crippen molar-refractivity contribution in [2.75, 3.05) is 44.2 Å². The van der Waals surface area contributed by atoms with Gasteiger partial charge in [0.2, 0.25) is 5.91 Å². The minimum atomic E-state index is -0.827. The third kappa shape index (κ3) is 9.87. The lowest BCUT2D eigenvalue weighted by Gasteiger charge is -2.40. The van der Waals surface area contributed by atoms with E-state index in [1.165, 1.54) is 29.2 Å². The van der Waals surface area contributed by atoms with Gasteiger partial charge in [0, 0.05) is 86.2 Å². The highest BCUT2D eigenvalue weighted by Gasteiger charge is 2.44. The van der Waals surface area contributed by atoms with Gasteiger partial charge in [0.25, 0.3) is 0 Å². The van der Waals surface area contributed by atoms with Crippen molar-refractivity contribution in [2.45, 2.75) is 78.2 Å². The first-order valence-electron chi connectivity index (χ1n) is 19.4. The molecule has 0 spiro atoms. The number of benzene rings is 1. The van der Waals surface area contributed by atoms with E-state index in [0.717, 1.165) is 68.7 Å². The highest BCUT2D eigenvalue weighted by Crippen LogP contribution is 2.45. The van der Waals surface area contributed by atoms with Crippen LogP contribution in [0.2, 0.25) is 0 Å². The van der Waals surface area contributed by atoms with Crippen molar-refractivity contribution in [3.05, 3.63) is 121 Å². The molecule has 1 aromatic heterocycles. The van der Waals surface area contributed by atoms with Crippen LogP contribution in [-0.4, -0.2) is 98.1 Å². The molecule has 2 saturated heterocycles. The summed E-state index contributed by atoms with van der Waals surface area (Å²) >= 11 is 1.89. The van der Waals surface area contributed by atoms with E-state index in [1.807, 2.05) is 37.9 Å². The van der Waals surface area contributed by atoms with Crippen molar-refractivity contribution in [3.8, 4) is 0 Å².